The molecule has 3 aliphatic rings. The number of amides is 2. The van der Waals surface area contributed by atoms with Gasteiger partial charge in [0, 0.05) is 23.8 Å². The summed E-state index contributed by atoms with van der Waals surface area (Å²) in [5, 5.41) is 0. The Morgan fingerprint density at radius 1 is 1.07 bits per heavy atom. The fourth-order valence-corrected chi connectivity index (χ4v) is 6.39. The Morgan fingerprint density at radius 2 is 1.77 bits per heavy atom. The lowest BCUT2D eigenvalue weighted by Crippen LogP contribution is -2.51. The Balaban J connectivity index is 1.56. The Kier molecular flexibility index (Phi) is 4.81. The third-order valence-electron chi connectivity index (χ3n) is 6.38. The zero-order valence-corrected chi connectivity index (χ0v) is 17.3. The molecule has 2 aliphatic heterocycles. The van der Waals surface area contributed by atoms with Crippen molar-refractivity contribution in [2.45, 2.75) is 37.1 Å². The number of fused-ring (bicyclic) bond motifs is 2. The minimum atomic E-state index is -1.21. The average Bonchev–Trinajstić information content (AvgIpc) is 3.47. The van der Waals surface area contributed by atoms with Gasteiger partial charge in [-0.15, -0.1) is 11.8 Å². The molecule has 30 heavy (non-hydrogen) atoms. The van der Waals surface area contributed by atoms with E-state index in [2.05, 4.69) is 0 Å². The molecule has 1 spiro atoms. The number of hydrogen-bond donors (Lipinski definition) is 0. The molecule has 1 aliphatic carbocycles. The standard InChI is InChI=1S/C23H22F2N2O2S/c24-17-7-5-15(6-8-17)14-26-20-10-9-18(25)13-19(20)23(22(26)29)27(11-12-30-23)21(28)16-3-1-2-4-16/h5-10,13,16H,1-4,11-12,14H2/t23-/m1/s1. The lowest BCUT2D eigenvalue weighted by atomic mass is 10.0. The smallest absolute Gasteiger partial charge is 0.268 e. The number of halogens is 2. The summed E-state index contributed by atoms with van der Waals surface area (Å²) >= 11 is 1.41. The topological polar surface area (TPSA) is 40.6 Å². The Morgan fingerprint density at radius 3 is 2.50 bits per heavy atom. The molecule has 2 heterocycles. The van der Waals surface area contributed by atoms with Crippen LogP contribution in [0.3, 0.4) is 0 Å². The Hall–Kier alpha value is -2.41. The number of rotatable bonds is 3. The molecule has 1 atom stereocenters. The third kappa shape index (κ3) is 2.94. The van der Waals surface area contributed by atoms with E-state index in [0.717, 1.165) is 31.2 Å². The van der Waals surface area contributed by atoms with Gasteiger partial charge in [0.05, 0.1) is 12.2 Å². The highest BCUT2D eigenvalue weighted by molar-refractivity contribution is 8.01. The van der Waals surface area contributed by atoms with Crippen LogP contribution in [0.25, 0.3) is 0 Å². The van der Waals surface area contributed by atoms with Crippen LogP contribution in [-0.2, 0) is 21.0 Å². The molecular weight excluding hydrogens is 406 g/mol. The second kappa shape index (κ2) is 7.38. The van der Waals surface area contributed by atoms with Gasteiger partial charge in [0.15, 0.2) is 4.87 Å². The lowest BCUT2D eigenvalue weighted by Gasteiger charge is -2.34. The Bertz CT molecular complexity index is 1010. The first-order valence-corrected chi connectivity index (χ1v) is 11.3. The largest absolute Gasteiger partial charge is 0.315 e. The van der Waals surface area contributed by atoms with Crippen molar-refractivity contribution in [2.24, 2.45) is 5.92 Å². The minimum Gasteiger partial charge on any atom is -0.315 e. The first kappa shape index (κ1) is 19.5. The van der Waals surface area contributed by atoms with Crippen molar-refractivity contribution in [3.05, 3.63) is 65.2 Å². The van der Waals surface area contributed by atoms with Crippen molar-refractivity contribution in [1.82, 2.24) is 4.90 Å². The number of benzene rings is 2. The van der Waals surface area contributed by atoms with E-state index in [9.17, 15) is 18.4 Å². The molecule has 0 aromatic heterocycles. The van der Waals surface area contributed by atoms with E-state index in [0.29, 0.717) is 23.5 Å². The fourth-order valence-electron chi connectivity index (χ4n) is 4.93. The first-order chi connectivity index (χ1) is 14.5. The molecule has 2 aromatic carbocycles. The van der Waals surface area contributed by atoms with Crippen molar-refractivity contribution in [1.29, 1.82) is 0 Å². The van der Waals surface area contributed by atoms with Gasteiger partial charge in [-0.1, -0.05) is 25.0 Å². The normalized spacial score (nSPS) is 23.6. The minimum absolute atomic E-state index is 0.00435. The van der Waals surface area contributed by atoms with Crippen LogP contribution in [0.15, 0.2) is 42.5 Å². The van der Waals surface area contributed by atoms with Crippen molar-refractivity contribution in [2.75, 3.05) is 17.2 Å². The van der Waals surface area contributed by atoms with E-state index in [-0.39, 0.29) is 30.1 Å². The van der Waals surface area contributed by atoms with Gasteiger partial charge in [0.2, 0.25) is 5.91 Å². The monoisotopic (exact) mass is 428 g/mol. The highest BCUT2D eigenvalue weighted by Gasteiger charge is 2.60. The molecule has 7 heteroatoms. The molecule has 0 bridgehead atoms. The van der Waals surface area contributed by atoms with Crippen LogP contribution in [-0.4, -0.2) is 29.0 Å². The van der Waals surface area contributed by atoms with Crippen LogP contribution < -0.4 is 4.90 Å². The maximum Gasteiger partial charge on any atom is 0.268 e. The van der Waals surface area contributed by atoms with E-state index in [1.165, 1.54) is 36.0 Å². The number of carbonyl (C=O) groups is 2. The van der Waals surface area contributed by atoms with Crippen LogP contribution >= 0.6 is 11.8 Å². The number of thioether (sulfide) groups is 1. The zero-order valence-electron chi connectivity index (χ0n) is 16.4. The highest BCUT2D eigenvalue weighted by Crippen LogP contribution is 2.55. The molecule has 2 amide bonds. The van der Waals surface area contributed by atoms with Crippen LogP contribution in [0.5, 0.6) is 0 Å². The summed E-state index contributed by atoms with van der Waals surface area (Å²) in [6.07, 6.45) is 3.75. The van der Waals surface area contributed by atoms with Gasteiger partial charge in [0.25, 0.3) is 5.91 Å². The molecule has 2 fully saturated rings. The van der Waals surface area contributed by atoms with E-state index in [1.807, 2.05) is 0 Å². The van der Waals surface area contributed by atoms with Gasteiger partial charge in [-0.3, -0.25) is 9.59 Å². The number of nitrogens with zero attached hydrogens (tertiary/aromatic N) is 2. The van der Waals surface area contributed by atoms with Crippen molar-refractivity contribution in [3.63, 3.8) is 0 Å². The molecule has 1 saturated heterocycles. The zero-order chi connectivity index (χ0) is 20.9. The van der Waals surface area contributed by atoms with Crippen LogP contribution in [0.1, 0.15) is 36.8 Å². The third-order valence-corrected chi connectivity index (χ3v) is 7.80. The van der Waals surface area contributed by atoms with Gasteiger partial charge < -0.3 is 9.80 Å². The fraction of sp³-hybridized carbons (Fsp3) is 0.391. The quantitative estimate of drug-likeness (QED) is 0.726. The summed E-state index contributed by atoms with van der Waals surface area (Å²) in [7, 11) is 0. The van der Waals surface area contributed by atoms with Crippen molar-refractivity contribution < 1.29 is 18.4 Å². The maximum atomic E-state index is 14.3. The highest BCUT2D eigenvalue weighted by atomic mass is 32.2. The maximum absolute atomic E-state index is 14.3. The molecule has 156 valence electrons. The van der Waals surface area contributed by atoms with Crippen molar-refractivity contribution in [3.8, 4) is 0 Å². The molecule has 2 aromatic rings. The van der Waals surface area contributed by atoms with Gasteiger partial charge in [0.1, 0.15) is 11.6 Å². The van der Waals surface area contributed by atoms with E-state index in [1.54, 1.807) is 28.0 Å². The second-order valence-electron chi connectivity index (χ2n) is 8.14. The number of hydrogen-bond acceptors (Lipinski definition) is 3. The van der Waals surface area contributed by atoms with Gasteiger partial charge in [-0.25, -0.2) is 8.78 Å². The second-order valence-corrected chi connectivity index (χ2v) is 9.43. The summed E-state index contributed by atoms with van der Waals surface area (Å²) in [4.78, 5) is 29.3. The van der Waals surface area contributed by atoms with Crippen LogP contribution in [0.4, 0.5) is 14.5 Å². The summed E-state index contributed by atoms with van der Waals surface area (Å²) in [5.41, 5.74) is 1.93. The SMILES string of the molecule is O=C(C1CCCC1)N1CCS[C@]12C(=O)N(Cc1ccc(F)cc1)c1ccc(F)cc12. The molecule has 5 rings (SSSR count). The van der Waals surface area contributed by atoms with E-state index in [4.69, 9.17) is 0 Å². The summed E-state index contributed by atoms with van der Waals surface area (Å²) in [6, 6.07) is 10.3. The molecule has 1 saturated carbocycles. The molecule has 0 unspecified atom stereocenters. The first-order valence-electron chi connectivity index (χ1n) is 10.3. The van der Waals surface area contributed by atoms with Crippen molar-refractivity contribution >= 4 is 29.3 Å². The van der Waals surface area contributed by atoms with Gasteiger partial charge in [-0.2, -0.15) is 0 Å². The molecular formula is C23H22F2N2O2S. The van der Waals surface area contributed by atoms with Crippen LogP contribution in [0, 0.1) is 17.6 Å². The van der Waals surface area contributed by atoms with Gasteiger partial charge >= 0.3 is 0 Å². The Labute approximate surface area is 178 Å². The molecule has 0 N–H and O–H groups in total. The number of anilines is 1. The predicted octanol–water partition coefficient (Wildman–Crippen LogP) is 4.43. The van der Waals surface area contributed by atoms with E-state index < -0.39 is 10.7 Å². The molecule has 0 radical (unpaired) electrons. The summed E-state index contributed by atoms with van der Waals surface area (Å²) in [6.45, 7) is 0.720. The summed E-state index contributed by atoms with van der Waals surface area (Å²) < 4.78 is 27.6. The summed E-state index contributed by atoms with van der Waals surface area (Å²) in [5.74, 6) is -0.414. The lowest BCUT2D eigenvalue weighted by molar-refractivity contribution is -0.143. The predicted molar refractivity (Wildman–Crippen MR) is 112 cm³/mol. The number of carbonyl (C=O) groups excluding carboxylic acids is 2. The van der Waals surface area contributed by atoms with Gasteiger partial charge in [-0.05, 0) is 48.7 Å². The van der Waals surface area contributed by atoms with Crippen LogP contribution in [0.2, 0.25) is 0 Å². The molecule has 4 nitrogen and oxygen atoms in total. The van der Waals surface area contributed by atoms with E-state index >= 15 is 0 Å². The average molecular weight is 429 g/mol.